The van der Waals surface area contributed by atoms with E-state index in [1.807, 2.05) is 37.3 Å². The molecule has 0 bridgehead atoms. The minimum absolute atomic E-state index is 0.0259. The molecule has 1 saturated heterocycles. The summed E-state index contributed by atoms with van der Waals surface area (Å²) in [5, 5.41) is 3.22. The number of benzene rings is 1. The molecule has 1 heterocycles. The second-order valence-electron chi connectivity index (χ2n) is 5.39. The van der Waals surface area contributed by atoms with Crippen LogP contribution < -0.4 is 11.1 Å². The predicted molar refractivity (Wildman–Crippen MR) is 81.5 cm³/mol. The molecule has 2 atom stereocenters. The van der Waals surface area contributed by atoms with Crippen LogP contribution in [0.25, 0.3) is 0 Å². The number of nitrogens with zero attached hydrogens (tertiary/aromatic N) is 1. The molecule has 0 unspecified atom stereocenters. The Morgan fingerprint density at radius 2 is 2.10 bits per heavy atom. The topological polar surface area (TPSA) is 75.4 Å². The highest BCUT2D eigenvalue weighted by atomic mass is 16.2. The molecular weight excluding hydrogens is 266 g/mol. The van der Waals surface area contributed by atoms with Gasteiger partial charge in [0.15, 0.2) is 0 Å². The lowest BCUT2D eigenvalue weighted by Gasteiger charge is -2.27. The van der Waals surface area contributed by atoms with Crippen molar-refractivity contribution in [1.29, 1.82) is 0 Å². The minimum Gasteiger partial charge on any atom is -0.368 e. The van der Waals surface area contributed by atoms with Crippen molar-refractivity contribution >= 4 is 11.8 Å². The van der Waals surface area contributed by atoms with Crippen molar-refractivity contribution in [3.8, 4) is 0 Å². The van der Waals surface area contributed by atoms with E-state index in [9.17, 15) is 9.59 Å². The highest BCUT2D eigenvalue weighted by Crippen LogP contribution is 2.19. The molecule has 1 aliphatic rings. The first-order valence-electron chi connectivity index (χ1n) is 7.50. The molecule has 1 fully saturated rings. The van der Waals surface area contributed by atoms with Crippen molar-refractivity contribution in [3.05, 3.63) is 35.9 Å². The molecule has 21 heavy (non-hydrogen) atoms. The Bertz CT molecular complexity index is 490. The zero-order valence-electron chi connectivity index (χ0n) is 12.4. The Balaban J connectivity index is 2.10. The quantitative estimate of drug-likeness (QED) is 0.809. The van der Waals surface area contributed by atoms with Crippen LogP contribution >= 0.6 is 0 Å². The minimum atomic E-state index is -0.450. The number of likely N-dealkylation sites (tertiary alicyclic amines) is 1. The van der Waals surface area contributed by atoms with Crippen LogP contribution in [0.1, 0.15) is 25.3 Å². The monoisotopic (exact) mass is 289 g/mol. The van der Waals surface area contributed by atoms with Crippen LogP contribution in [0.5, 0.6) is 0 Å². The molecule has 0 saturated carbocycles. The van der Waals surface area contributed by atoms with Gasteiger partial charge in [-0.15, -0.1) is 0 Å². The number of carbonyl (C=O) groups is 2. The van der Waals surface area contributed by atoms with Gasteiger partial charge in [-0.25, -0.2) is 0 Å². The van der Waals surface area contributed by atoms with Gasteiger partial charge in [-0.2, -0.15) is 0 Å². The first kappa shape index (κ1) is 15.5. The van der Waals surface area contributed by atoms with Gasteiger partial charge >= 0.3 is 0 Å². The first-order valence-corrected chi connectivity index (χ1v) is 7.50. The van der Waals surface area contributed by atoms with Crippen LogP contribution in [0.2, 0.25) is 0 Å². The van der Waals surface area contributed by atoms with E-state index in [-0.39, 0.29) is 11.9 Å². The summed E-state index contributed by atoms with van der Waals surface area (Å²) in [6.45, 7) is 3.29. The van der Waals surface area contributed by atoms with Crippen molar-refractivity contribution < 1.29 is 9.59 Å². The number of primary amides is 1. The fourth-order valence-corrected chi connectivity index (χ4v) is 2.87. The van der Waals surface area contributed by atoms with E-state index >= 15 is 0 Å². The molecule has 3 N–H and O–H groups in total. The summed E-state index contributed by atoms with van der Waals surface area (Å²) >= 11 is 0. The number of hydrogen-bond donors (Lipinski definition) is 2. The summed E-state index contributed by atoms with van der Waals surface area (Å²) in [7, 11) is 0. The molecular formula is C16H23N3O2. The maximum Gasteiger partial charge on any atom is 0.240 e. The van der Waals surface area contributed by atoms with E-state index in [1.54, 1.807) is 4.90 Å². The number of rotatable bonds is 6. The molecule has 0 radical (unpaired) electrons. The maximum atomic E-state index is 12.7. The number of hydrogen-bond acceptors (Lipinski definition) is 3. The normalized spacial score (nSPS) is 19.5. The molecule has 2 amide bonds. The molecule has 1 aliphatic heterocycles. The summed E-state index contributed by atoms with van der Waals surface area (Å²) in [4.78, 5) is 25.8. The van der Waals surface area contributed by atoms with Crippen LogP contribution in [0.4, 0.5) is 0 Å². The Kier molecular flexibility index (Phi) is 5.33. The Hall–Kier alpha value is -1.88. The molecule has 2 rings (SSSR count). The summed E-state index contributed by atoms with van der Waals surface area (Å²) < 4.78 is 0. The SMILES string of the molecule is CCN[C@H](Cc1ccccc1)C(=O)N1CCC[C@H]1C(N)=O. The molecule has 0 aliphatic carbocycles. The lowest BCUT2D eigenvalue weighted by molar-refractivity contribution is -0.139. The van der Waals surface area contributed by atoms with Gasteiger partial charge in [0, 0.05) is 6.54 Å². The van der Waals surface area contributed by atoms with Gasteiger partial charge in [-0.1, -0.05) is 37.3 Å². The highest BCUT2D eigenvalue weighted by Gasteiger charge is 2.35. The Morgan fingerprint density at radius 3 is 2.71 bits per heavy atom. The Morgan fingerprint density at radius 1 is 1.38 bits per heavy atom. The third-order valence-corrected chi connectivity index (χ3v) is 3.90. The van der Waals surface area contributed by atoms with E-state index in [2.05, 4.69) is 5.32 Å². The standard InChI is InChI=1S/C16H23N3O2/c1-2-18-13(11-12-7-4-3-5-8-12)16(21)19-10-6-9-14(19)15(17)20/h3-5,7-8,13-14,18H,2,6,9-11H2,1H3,(H2,17,20)/t13-,14+/m1/s1. The van der Waals surface area contributed by atoms with Gasteiger partial charge in [0.2, 0.25) is 11.8 Å². The van der Waals surface area contributed by atoms with Crippen molar-refractivity contribution in [2.75, 3.05) is 13.1 Å². The zero-order valence-corrected chi connectivity index (χ0v) is 12.4. The van der Waals surface area contributed by atoms with E-state index in [4.69, 9.17) is 5.73 Å². The number of carbonyl (C=O) groups excluding carboxylic acids is 2. The summed E-state index contributed by atoms with van der Waals surface area (Å²) in [6.07, 6.45) is 2.13. The van der Waals surface area contributed by atoms with Crippen molar-refractivity contribution in [3.63, 3.8) is 0 Å². The first-order chi connectivity index (χ1) is 10.1. The van der Waals surface area contributed by atoms with Crippen molar-refractivity contribution in [2.45, 2.75) is 38.3 Å². The molecule has 1 aromatic rings. The van der Waals surface area contributed by atoms with Gasteiger partial charge in [-0.3, -0.25) is 9.59 Å². The van der Waals surface area contributed by atoms with Gasteiger partial charge in [-0.05, 0) is 31.4 Å². The number of likely N-dealkylation sites (N-methyl/N-ethyl adjacent to an activating group) is 1. The average molecular weight is 289 g/mol. The van der Waals surface area contributed by atoms with Crippen LogP contribution in [0.15, 0.2) is 30.3 Å². The molecule has 5 heteroatoms. The third-order valence-electron chi connectivity index (χ3n) is 3.90. The number of amides is 2. The predicted octanol–water partition coefficient (Wildman–Crippen LogP) is 0.684. The van der Waals surface area contributed by atoms with E-state index in [1.165, 1.54) is 0 Å². The van der Waals surface area contributed by atoms with E-state index in [0.29, 0.717) is 25.9 Å². The van der Waals surface area contributed by atoms with E-state index < -0.39 is 11.9 Å². The number of nitrogens with two attached hydrogens (primary N) is 1. The van der Waals surface area contributed by atoms with Gasteiger partial charge in [0.05, 0.1) is 6.04 Å². The van der Waals surface area contributed by atoms with E-state index in [0.717, 1.165) is 12.0 Å². The van der Waals surface area contributed by atoms with Gasteiger partial charge in [0.25, 0.3) is 0 Å². The van der Waals surface area contributed by atoms with Crippen molar-refractivity contribution in [2.24, 2.45) is 5.73 Å². The molecule has 1 aromatic carbocycles. The average Bonchev–Trinajstić information content (AvgIpc) is 2.97. The molecule has 5 nitrogen and oxygen atoms in total. The maximum absolute atomic E-state index is 12.7. The van der Waals surface area contributed by atoms with Crippen LogP contribution in [0, 0.1) is 0 Å². The second-order valence-corrected chi connectivity index (χ2v) is 5.39. The van der Waals surface area contributed by atoms with Gasteiger partial charge in [0.1, 0.15) is 6.04 Å². The lowest BCUT2D eigenvalue weighted by Crippen LogP contribution is -2.52. The number of nitrogens with one attached hydrogen (secondary N) is 1. The largest absolute Gasteiger partial charge is 0.368 e. The zero-order chi connectivity index (χ0) is 15.2. The fraction of sp³-hybridized carbons (Fsp3) is 0.500. The molecule has 0 spiro atoms. The van der Waals surface area contributed by atoms with Crippen molar-refractivity contribution in [1.82, 2.24) is 10.2 Å². The molecule has 114 valence electrons. The Labute approximate surface area is 125 Å². The highest BCUT2D eigenvalue weighted by molar-refractivity contribution is 5.89. The molecule has 0 aromatic heterocycles. The van der Waals surface area contributed by atoms with Crippen LogP contribution in [-0.2, 0) is 16.0 Å². The van der Waals surface area contributed by atoms with Gasteiger partial charge < -0.3 is 16.0 Å². The fourth-order valence-electron chi connectivity index (χ4n) is 2.87. The summed E-state index contributed by atoms with van der Waals surface area (Å²) in [5.74, 6) is -0.433. The smallest absolute Gasteiger partial charge is 0.240 e. The third kappa shape index (κ3) is 3.82. The second kappa shape index (κ2) is 7.22. The van der Waals surface area contributed by atoms with Crippen LogP contribution in [-0.4, -0.2) is 41.9 Å². The van der Waals surface area contributed by atoms with Crippen LogP contribution in [0.3, 0.4) is 0 Å². The summed E-state index contributed by atoms with van der Waals surface area (Å²) in [6, 6.07) is 9.14. The lowest BCUT2D eigenvalue weighted by atomic mass is 10.0. The summed E-state index contributed by atoms with van der Waals surface area (Å²) in [5.41, 5.74) is 6.50.